The van der Waals surface area contributed by atoms with Gasteiger partial charge in [-0.2, -0.15) is 0 Å². The molecule has 0 radical (unpaired) electrons. The summed E-state index contributed by atoms with van der Waals surface area (Å²) in [6.07, 6.45) is 3.36. The average Bonchev–Trinajstić information content (AvgIpc) is 2.45. The number of halogens is 1. The van der Waals surface area contributed by atoms with Gasteiger partial charge in [0, 0.05) is 30.6 Å². The summed E-state index contributed by atoms with van der Waals surface area (Å²) in [7, 11) is 0. The summed E-state index contributed by atoms with van der Waals surface area (Å²) in [5.74, 6) is -0.344. The van der Waals surface area contributed by atoms with Gasteiger partial charge < -0.3 is 5.32 Å². The largest absolute Gasteiger partial charge is 0.348 e. The molecule has 0 aliphatic carbocycles. The van der Waals surface area contributed by atoms with Crippen LogP contribution in [0.4, 0.5) is 5.69 Å². The molecule has 0 atom stereocenters. The molecule has 0 saturated carbocycles. The summed E-state index contributed by atoms with van der Waals surface area (Å²) in [6.45, 7) is 2.25. The van der Waals surface area contributed by atoms with E-state index in [0.29, 0.717) is 6.54 Å². The lowest BCUT2D eigenvalue weighted by Crippen LogP contribution is -2.23. The van der Waals surface area contributed by atoms with Gasteiger partial charge in [-0.25, -0.2) is 0 Å². The molecule has 108 valence electrons. The average molecular weight is 306 g/mol. The highest BCUT2D eigenvalue weighted by atomic mass is 35.5. The van der Waals surface area contributed by atoms with Crippen LogP contribution in [0.2, 0.25) is 5.02 Å². The number of hydrogen-bond donors (Lipinski definition) is 1. The number of carbonyl (C=O) groups is 1. The van der Waals surface area contributed by atoms with E-state index in [1.165, 1.54) is 18.2 Å². The minimum absolute atomic E-state index is 0.0623. The fourth-order valence-electron chi connectivity index (χ4n) is 1.77. The monoisotopic (exact) mass is 305 g/mol. The van der Waals surface area contributed by atoms with Crippen LogP contribution in [0.15, 0.2) is 36.7 Å². The van der Waals surface area contributed by atoms with E-state index >= 15 is 0 Å². The number of carbonyl (C=O) groups excluding carboxylic acids is 1. The molecule has 21 heavy (non-hydrogen) atoms. The Kier molecular flexibility index (Phi) is 4.49. The van der Waals surface area contributed by atoms with E-state index in [1.807, 2.05) is 13.0 Å². The highest BCUT2D eigenvalue weighted by Crippen LogP contribution is 2.24. The fourth-order valence-corrected chi connectivity index (χ4v) is 2.02. The normalized spacial score (nSPS) is 10.2. The zero-order valence-corrected chi connectivity index (χ0v) is 11.9. The maximum Gasteiger partial charge on any atom is 0.287 e. The van der Waals surface area contributed by atoms with Crippen molar-refractivity contribution in [3.63, 3.8) is 0 Å². The molecule has 2 rings (SSSR count). The summed E-state index contributed by atoms with van der Waals surface area (Å²) in [6, 6.07) is 5.69. The zero-order chi connectivity index (χ0) is 15.4. The molecule has 1 amide bonds. The van der Waals surface area contributed by atoms with Gasteiger partial charge in [0.05, 0.1) is 4.92 Å². The second-order valence-electron chi connectivity index (χ2n) is 4.41. The highest BCUT2D eigenvalue weighted by Gasteiger charge is 2.15. The number of pyridine rings is 1. The Bertz CT molecular complexity index is 704. The van der Waals surface area contributed by atoms with Gasteiger partial charge in [-0.1, -0.05) is 11.6 Å². The maximum atomic E-state index is 12.0. The fraction of sp³-hybridized carbons (Fsp3) is 0.143. The van der Waals surface area contributed by atoms with Crippen molar-refractivity contribution in [2.24, 2.45) is 0 Å². The number of nitrogens with one attached hydrogen (secondary N) is 1. The van der Waals surface area contributed by atoms with E-state index in [-0.39, 0.29) is 22.2 Å². The van der Waals surface area contributed by atoms with Crippen molar-refractivity contribution in [3.05, 3.63) is 68.5 Å². The van der Waals surface area contributed by atoms with Crippen LogP contribution in [0.25, 0.3) is 0 Å². The lowest BCUT2D eigenvalue weighted by Gasteiger charge is -2.07. The molecule has 0 aliphatic rings. The first-order chi connectivity index (χ1) is 9.99. The number of hydrogen-bond acceptors (Lipinski definition) is 4. The van der Waals surface area contributed by atoms with E-state index in [1.54, 1.807) is 12.4 Å². The Hall–Kier alpha value is -2.47. The molecule has 1 aromatic heterocycles. The van der Waals surface area contributed by atoms with Gasteiger partial charge in [-0.3, -0.25) is 19.9 Å². The summed E-state index contributed by atoms with van der Waals surface area (Å²) >= 11 is 5.78. The van der Waals surface area contributed by atoms with Crippen LogP contribution in [0.1, 0.15) is 21.5 Å². The SMILES string of the molecule is Cc1cnccc1CNC(=O)c1ccc([N+](=O)[O-])c(Cl)c1. The number of amides is 1. The minimum Gasteiger partial charge on any atom is -0.348 e. The number of rotatable bonds is 4. The standard InChI is InChI=1S/C14H12ClN3O3/c1-9-7-16-5-4-11(9)8-17-14(19)10-2-3-13(18(20)21)12(15)6-10/h2-7H,8H2,1H3,(H,17,19). The van der Waals surface area contributed by atoms with E-state index in [0.717, 1.165) is 11.1 Å². The topological polar surface area (TPSA) is 85.1 Å². The number of aromatic nitrogens is 1. The third-order valence-corrected chi connectivity index (χ3v) is 3.29. The van der Waals surface area contributed by atoms with Crippen LogP contribution in [0, 0.1) is 17.0 Å². The molecule has 0 fully saturated rings. The van der Waals surface area contributed by atoms with Gasteiger partial charge in [0.15, 0.2) is 0 Å². The first-order valence-corrected chi connectivity index (χ1v) is 6.48. The molecule has 0 spiro atoms. The van der Waals surface area contributed by atoms with Crippen molar-refractivity contribution in [2.45, 2.75) is 13.5 Å². The number of nitro benzene ring substituents is 1. The predicted octanol–water partition coefficient (Wildman–Crippen LogP) is 2.88. The molecule has 0 aliphatic heterocycles. The van der Waals surface area contributed by atoms with Gasteiger partial charge in [-0.15, -0.1) is 0 Å². The van der Waals surface area contributed by atoms with Crippen molar-refractivity contribution in [3.8, 4) is 0 Å². The predicted molar refractivity (Wildman–Crippen MR) is 78.3 cm³/mol. The van der Waals surface area contributed by atoms with Crippen LogP contribution < -0.4 is 5.32 Å². The molecular formula is C14H12ClN3O3. The first kappa shape index (κ1) is 14.9. The number of nitro groups is 1. The first-order valence-electron chi connectivity index (χ1n) is 6.10. The van der Waals surface area contributed by atoms with Gasteiger partial charge in [0.25, 0.3) is 11.6 Å². The van der Waals surface area contributed by atoms with Crippen molar-refractivity contribution in [1.82, 2.24) is 10.3 Å². The molecule has 1 N–H and O–H groups in total. The summed E-state index contributed by atoms with van der Waals surface area (Å²) < 4.78 is 0. The smallest absolute Gasteiger partial charge is 0.287 e. The Morgan fingerprint density at radius 2 is 2.19 bits per heavy atom. The lowest BCUT2D eigenvalue weighted by atomic mass is 10.1. The molecule has 2 aromatic rings. The molecule has 6 nitrogen and oxygen atoms in total. The minimum atomic E-state index is -0.593. The van der Waals surface area contributed by atoms with Gasteiger partial charge in [-0.05, 0) is 36.2 Å². The van der Waals surface area contributed by atoms with E-state index < -0.39 is 4.92 Å². The van der Waals surface area contributed by atoms with E-state index in [9.17, 15) is 14.9 Å². The molecule has 0 bridgehead atoms. The molecular weight excluding hydrogens is 294 g/mol. The van der Waals surface area contributed by atoms with Gasteiger partial charge in [0.1, 0.15) is 5.02 Å². The third kappa shape index (κ3) is 3.55. The van der Waals surface area contributed by atoms with Crippen LogP contribution in [0.3, 0.4) is 0 Å². The van der Waals surface area contributed by atoms with E-state index in [2.05, 4.69) is 10.3 Å². The molecule has 7 heteroatoms. The summed E-state index contributed by atoms with van der Waals surface area (Å²) in [4.78, 5) is 26.1. The summed E-state index contributed by atoms with van der Waals surface area (Å²) in [5.41, 5.74) is 1.97. The summed E-state index contributed by atoms with van der Waals surface area (Å²) in [5, 5.41) is 13.3. The number of nitrogens with zero attached hydrogens (tertiary/aromatic N) is 2. The Morgan fingerprint density at radius 1 is 1.43 bits per heavy atom. The second kappa shape index (κ2) is 6.32. The van der Waals surface area contributed by atoms with Gasteiger partial charge in [0.2, 0.25) is 0 Å². The third-order valence-electron chi connectivity index (χ3n) is 2.98. The van der Waals surface area contributed by atoms with Crippen LogP contribution in [-0.2, 0) is 6.54 Å². The van der Waals surface area contributed by atoms with Crippen LogP contribution in [-0.4, -0.2) is 15.8 Å². The Balaban J connectivity index is 2.09. The number of aryl methyl sites for hydroxylation is 1. The molecule has 1 heterocycles. The quantitative estimate of drug-likeness (QED) is 0.695. The van der Waals surface area contributed by atoms with Gasteiger partial charge >= 0.3 is 0 Å². The maximum absolute atomic E-state index is 12.0. The number of benzene rings is 1. The van der Waals surface area contributed by atoms with Crippen LogP contribution in [0.5, 0.6) is 0 Å². The lowest BCUT2D eigenvalue weighted by molar-refractivity contribution is -0.384. The van der Waals surface area contributed by atoms with Crippen molar-refractivity contribution >= 4 is 23.2 Å². The molecule has 0 saturated heterocycles. The van der Waals surface area contributed by atoms with Crippen LogP contribution >= 0.6 is 11.6 Å². The molecule has 1 aromatic carbocycles. The van der Waals surface area contributed by atoms with Crippen molar-refractivity contribution < 1.29 is 9.72 Å². The Labute approximate surface area is 125 Å². The zero-order valence-electron chi connectivity index (χ0n) is 11.2. The second-order valence-corrected chi connectivity index (χ2v) is 4.82. The molecule has 0 unspecified atom stereocenters. The van der Waals surface area contributed by atoms with Crippen molar-refractivity contribution in [2.75, 3.05) is 0 Å². The van der Waals surface area contributed by atoms with E-state index in [4.69, 9.17) is 11.6 Å². The Morgan fingerprint density at radius 3 is 2.81 bits per heavy atom. The van der Waals surface area contributed by atoms with Crippen molar-refractivity contribution in [1.29, 1.82) is 0 Å². The highest BCUT2D eigenvalue weighted by molar-refractivity contribution is 6.33.